The third-order valence-electron chi connectivity index (χ3n) is 3.22. The molecule has 0 aromatic rings. The minimum Gasteiger partial charge on any atom is -0.0683 e. The molecule has 2 aliphatic carbocycles. The van der Waals surface area contributed by atoms with Crippen LogP contribution >= 0.6 is 0 Å². The van der Waals surface area contributed by atoms with Crippen LogP contribution in [0.25, 0.3) is 0 Å². The molecular formula is C14H30. The van der Waals surface area contributed by atoms with E-state index in [9.17, 15) is 0 Å². The molecule has 2 saturated carbocycles. The monoisotopic (exact) mass is 198 g/mol. The van der Waals surface area contributed by atoms with Gasteiger partial charge >= 0.3 is 0 Å². The zero-order valence-corrected chi connectivity index (χ0v) is 10.8. The van der Waals surface area contributed by atoms with Crippen molar-refractivity contribution >= 4 is 0 Å². The van der Waals surface area contributed by atoms with Gasteiger partial charge in [0.15, 0.2) is 0 Å². The molecule has 0 aromatic heterocycles. The summed E-state index contributed by atoms with van der Waals surface area (Å²) in [5, 5.41) is 0. The second-order valence-electron chi connectivity index (χ2n) is 4.44. The van der Waals surface area contributed by atoms with Gasteiger partial charge in [-0.25, -0.2) is 0 Å². The molecule has 0 aliphatic heterocycles. The Morgan fingerprint density at radius 3 is 1.36 bits per heavy atom. The second-order valence-corrected chi connectivity index (χ2v) is 4.44. The maximum atomic E-state index is 2.12. The van der Waals surface area contributed by atoms with Gasteiger partial charge in [0.1, 0.15) is 0 Å². The summed E-state index contributed by atoms with van der Waals surface area (Å²) in [6.07, 6.45) is 12.1. The Bertz CT molecular complexity index is 94.6. The van der Waals surface area contributed by atoms with Crippen LogP contribution in [0.2, 0.25) is 0 Å². The highest BCUT2D eigenvalue weighted by Gasteiger charge is 2.28. The van der Waals surface area contributed by atoms with E-state index in [0.717, 1.165) is 0 Å². The number of fused-ring (bicyclic) bond motifs is 1. The molecule has 2 aliphatic rings. The number of hydrogen-bond acceptors (Lipinski definition) is 0. The van der Waals surface area contributed by atoms with E-state index >= 15 is 0 Å². The molecule has 0 aromatic carbocycles. The Morgan fingerprint density at radius 1 is 0.714 bits per heavy atom. The lowest BCUT2D eigenvalue weighted by Gasteiger charge is -2.24. The van der Waals surface area contributed by atoms with Crippen molar-refractivity contribution in [3.05, 3.63) is 0 Å². The van der Waals surface area contributed by atoms with Gasteiger partial charge in [-0.15, -0.1) is 0 Å². The quantitative estimate of drug-likeness (QED) is 0.487. The Morgan fingerprint density at radius 2 is 1.00 bits per heavy atom. The molecule has 2 atom stereocenters. The van der Waals surface area contributed by atoms with Crippen molar-refractivity contribution in [2.75, 3.05) is 0 Å². The Labute approximate surface area is 91.5 Å². The highest BCUT2D eigenvalue weighted by Crippen LogP contribution is 2.41. The van der Waals surface area contributed by atoms with Crippen molar-refractivity contribution in [3.63, 3.8) is 0 Å². The predicted molar refractivity (Wildman–Crippen MR) is 66.6 cm³/mol. The van der Waals surface area contributed by atoms with Gasteiger partial charge < -0.3 is 0 Å². The lowest BCUT2D eigenvalue weighted by atomic mass is 9.82. The van der Waals surface area contributed by atoms with Gasteiger partial charge in [-0.3, -0.25) is 0 Å². The molecule has 2 rings (SSSR count). The summed E-state index contributed by atoms with van der Waals surface area (Å²) >= 11 is 0. The highest BCUT2D eigenvalue weighted by molar-refractivity contribution is 4.80. The number of hydrogen-bond donors (Lipinski definition) is 0. The molecule has 0 bridgehead atoms. The van der Waals surface area contributed by atoms with Crippen LogP contribution in [0, 0.1) is 11.8 Å². The van der Waals surface area contributed by atoms with Crippen LogP contribution in [0.3, 0.4) is 0 Å². The van der Waals surface area contributed by atoms with E-state index in [1.807, 2.05) is 13.8 Å². The van der Waals surface area contributed by atoms with E-state index in [1.165, 1.54) is 37.5 Å². The van der Waals surface area contributed by atoms with Gasteiger partial charge in [-0.2, -0.15) is 0 Å². The summed E-state index contributed by atoms with van der Waals surface area (Å²) in [5.74, 6) is 2.33. The SMILES string of the molecule is C1CCC2CCCC2C1.CC.CCC. The van der Waals surface area contributed by atoms with Crippen molar-refractivity contribution in [1.82, 2.24) is 0 Å². The molecule has 2 unspecified atom stereocenters. The molecule has 0 nitrogen and oxygen atoms in total. The standard InChI is InChI=1S/C9H16.C3H8.C2H6/c1-2-5-9-7-3-6-8(9)4-1;1-3-2;1-2/h8-9H,1-7H2;3H2,1-2H3;1-2H3. The fraction of sp³-hybridized carbons (Fsp3) is 1.00. The largest absolute Gasteiger partial charge is 0.0683 e. The van der Waals surface area contributed by atoms with Gasteiger partial charge in [0.05, 0.1) is 0 Å². The molecular weight excluding hydrogens is 168 g/mol. The van der Waals surface area contributed by atoms with Gasteiger partial charge in [0.25, 0.3) is 0 Å². The predicted octanol–water partition coefficient (Wildman–Crippen LogP) is 5.42. The average Bonchev–Trinajstić information content (AvgIpc) is 2.69. The van der Waals surface area contributed by atoms with E-state index in [1.54, 1.807) is 25.7 Å². The third-order valence-corrected chi connectivity index (χ3v) is 3.22. The maximum Gasteiger partial charge on any atom is -0.0386 e. The fourth-order valence-electron chi connectivity index (χ4n) is 2.69. The molecule has 0 radical (unpaired) electrons. The van der Waals surface area contributed by atoms with Crippen molar-refractivity contribution in [3.8, 4) is 0 Å². The lowest BCUT2D eigenvalue weighted by molar-refractivity contribution is 0.277. The van der Waals surface area contributed by atoms with Crippen LogP contribution in [0.5, 0.6) is 0 Å². The molecule has 0 N–H and O–H groups in total. The van der Waals surface area contributed by atoms with E-state index in [0.29, 0.717) is 0 Å². The van der Waals surface area contributed by atoms with Crippen LogP contribution in [0.4, 0.5) is 0 Å². The van der Waals surface area contributed by atoms with E-state index in [4.69, 9.17) is 0 Å². The van der Waals surface area contributed by atoms with Crippen LogP contribution in [0.15, 0.2) is 0 Å². The van der Waals surface area contributed by atoms with Crippen molar-refractivity contribution in [1.29, 1.82) is 0 Å². The molecule has 86 valence electrons. The zero-order valence-electron chi connectivity index (χ0n) is 10.8. The first-order valence-electron chi connectivity index (χ1n) is 6.88. The molecule has 0 heteroatoms. The molecule has 0 spiro atoms. The number of rotatable bonds is 0. The zero-order chi connectivity index (χ0) is 10.8. The van der Waals surface area contributed by atoms with Gasteiger partial charge in [0.2, 0.25) is 0 Å². The molecule has 14 heavy (non-hydrogen) atoms. The van der Waals surface area contributed by atoms with Crippen LogP contribution in [0.1, 0.15) is 79.1 Å². The summed E-state index contributed by atoms with van der Waals surface area (Å²) in [5.41, 5.74) is 0. The second kappa shape index (κ2) is 9.55. The lowest BCUT2D eigenvalue weighted by Crippen LogP contribution is -2.12. The Hall–Kier alpha value is 0. The minimum absolute atomic E-state index is 1.17. The van der Waals surface area contributed by atoms with Crippen LogP contribution < -0.4 is 0 Å². The van der Waals surface area contributed by atoms with Crippen molar-refractivity contribution < 1.29 is 0 Å². The van der Waals surface area contributed by atoms with E-state index in [-0.39, 0.29) is 0 Å². The van der Waals surface area contributed by atoms with Crippen molar-refractivity contribution in [2.45, 2.75) is 79.1 Å². The first-order valence-corrected chi connectivity index (χ1v) is 6.88. The summed E-state index contributed by atoms with van der Waals surface area (Å²) < 4.78 is 0. The Balaban J connectivity index is 0.000000294. The topological polar surface area (TPSA) is 0 Å². The van der Waals surface area contributed by atoms with Crippen LogP contribution in [-0.4, -0.2) is 0 Å². The smallest absolute Gasteiger partial charge is 0.0386 e. The minimum atomic E-state index is 1.17. The van der Waals surface area contributed by atoms with E-state index in [2.05, 4.69) is 13.8 Å². The Kier molecular flexibility index (Phi) is 9.55. The fourth-order valence-corrected chi connectivity index (χ4v) is 2.69. The summed E-state index contributed by atoms with van der Waals surface area (Å²) in [6.45, 7) is 8.25. The molecule has 0 heterocycles. The van der Waals surface area contributed by atoms with Crippen molar-refractivity contribution in [2.24, 2.45) is 11.8 Å². The molecule has 0 saturated heterocycles. The molecule has 2 fully saturated rings. The highest BCUT2D eigenvalue weighted by atomic mass is 14.3. The summed E-state index contributed by atoms with van der Waals surface area (Å²) in [6, 6.07) is 0. The van der Waals surface area contributed by atoms with E-state index < -0.39 is 0 Å². The normalized spacial score (nSPS) is 29.1. The molecule has 0 amide bonds. The van der Waals surface area contributed by atoms with Gasteiger partial charge in [-0.1, -0.05) is 79.1 Å². The summed E-state index contributed by atoms with van der Waals surface area (Å²) in [7, 11) is 0. The third kappa shape index (κ3) is 5.02. The first kappa shape index (κ1) is 14.0. The average molecular weight is 198 g/mol. The van der Waals surface area contributed by atoms with Gasteiger partial charge in [0, 0.05) is 0 Å². The van der Waals surface area contributed by atoms with Gasteiger partial charge in [-0.05, 0) is 11.8 Å². The first-order chi connectivity index (χ1) is 6.88. The maximum absolute atomic E-state index is 2.12. The summed E-state index contributed by atoms with van der Waals surface area (Å²) in [4.78, 5) is 0. The van der Waals surface area contributed by atoms with Crippen LogP contribution in [-0.2, 0) is 0 Å².